The fraction of sp³-hybridized carbons (Fsp3) is 0.286. The molecule has 0 bridgehead atoms. The summed E-state index contributed by atoms with van der Waals surface area (Å²) >= 11 is 0. The number of anilines is 2. The van der Waals surface area contributed by atoms with Crippen LogP contribution in [0.15, 0.2) is 60.7 Å². The number of rotatable bonds is 6. The van der Waals surface area contributed by atoms with Crippen molar-refractivity contribution in [1.82, 2.24) is 4.90 Å². The van der Waals surface area contributed by atoms with Gasteiger partial charge in [-0.1, -0.05) is 23.8 Å². The Labute approximate surface area is 211 Å². The topological polar surface area (TPSA) is 80.3 Å². The number of hydrogen-bond acceptors (Lipinski definition) is 5. The molecule has 0 saturated carbocycles. The van der Waals surface area contributed by atoms with Gasteiger partial charge in [-0.2, -0.15) is 0 Å². The number of fused-ring (bicyclic) bond motifs is 1. The predicted octanol–water partition coefficient (Wildman–Crippen LogP) is 4.99. The molecule has 0 atom stereocenters. The average Bonchev–Trinajstić information content (AvgIpc) is 3.09. The van der Waals surface area contributed by atoms with Crippen LogP contribution in [0.4, 0.5) is 16.2 Å². The van der Waals surface area contributed by atoms with E-state index in [4.69, 9.17) is 14.2 Å². The fourth-order valence-electron chi connectivity index (χ4n) is 4.09. The first-order valence-corrected chi connectivity index (χ1v) is 11.7. The molecule has 3 amide bonds. The van der Waals surface area contributed by atoms with Crippen molar-refractivity contribution in [2.75, 3.05) is 37.6 Å². The van der Waals surface area contributed by atoms with E-state index in [-0.39, 0.29) is 11.9 Å². The molecule has 8 heteroatoms. The number of nitrogens with one attached hydrogen (secondary N) is 1. The number of amides is 3. The van der Waals surface area contributed by atoms with Gasteiger partial charge in [-0.25, -0.2) is 4.79 Å². The lowest BCUT2D eigenvalue weighted by atomic mass is 10.1. The Morgan fingerprint density at radius 2 is 1.69 bits per heavy atom. The Bertz CT molecular complexity index is 1220. The van der Waals surface area contributed by atoms with Gasteiger partial charge in [0.15, 0.2) is 0 Å². The molecule has 4 rings (SSSR count). The molecule has 1 aliphatic rings. The van der Waals surface area contributed by atoms with Crippen LogP contribution in [-0.4, -0.2) is 44.2 Å². The van der Waals surface area contributed by atoms with E-state index in [1.807, 2.05) is 49.4 Å². The summed E-state index contributed by atoms with van der Waals surface area (Å²) < 4.78 is 16.5. The van der Waals surface area contributed by atoms with E-state index < -0.39 is 0 Å². The summed E-state index contributed by atoms with van der Waals surface area (Å²) in [6, 6.07) is 18.7. The second kappa shape index (κ2) is 11.0. The zero-order valence-corrected chi connectivity index (χ0v) is 21.0. The van der Waals surface area contributed by atoms with Gasteiger partial charge in [0, 0.05) is 42.1 Å². The first-order chi connectivity index (χ1) is 17.4. The van der Waals surface area contributed by atoms with Crippen LogP contribution >= 0.6 is 0 Å². The Morgan fingerprint density at radius 3 is 2.33 bits per heavy atom. The smallest absolute Gasteiger partial charge is 0.322 e. The van der Waals surface area contributed by atoms with Crippen molar-refractivity contribution in [2.45, 2.75) is 26.9 Å². The molecule has 188 valence electrons. The zero-order valence-electron chi connectivity index (χ0n) is 21.0. The number of carbonyl (C=O) groups excluding carboxylic acids is 2. The highest BCUT2D eigenvalue weighted by atomic mass is 16.5. The van der Waals surface area contributed by atoms with Crippen molar-refractivity contribution in [2.24, 2.45) is 0 Å². The Balaban J connectivity index is 1.52. The summed E-state index contributed by atoms with van der Waals surface area (Å²) in [6.07, 6.45) is 0. The van der Waals surface area contributed by atoms with Crippen molar-refractivity contribution in [3.63, 3.8) is 0 Å². The lowest BCUT2D eigenvalue weighted by Gasteiger charge is -2.23. The molecule has 1 aliphatic heterocycles. The molecule has 3 aromatic carbocycles. The second-order valence-corrected chi connectivity index (χ2v) is 8.68. The van der Waals surface area contributed by atoms with Crippen molar-refractivity contribution < 1.29 is 23.8 Å². The van der Waals surface area contributed by atoms with Crippen LogP contribution in [0.3, 0.4) is 0 Å². The zero-order chi connectivity index (χ0) is 25.7. The van der Waals surface area contributed by atoms with E-state index in [2.05, 4.69) is 5.32 Å². The third kappa shape index (κ3) is 5.89. The highest BCUT2D eigenvalue weighted by Gasteiger charge is 2.22. The molecular formula is C28H31N3O5. The van der Waals surface area contributed by atoms with E-state index in [9.17, 15) is 9.59 Å². The Hall–Kier alpha value is -4.20. The van der Waals surface area contributed by atoms with E-state index in [1.165, 1.54) is 0 Å². The minimum atomic E-state index is -0.253. The van der Waals surface area contributed by atoms with Gasteiger partial charge in [0.25, 0.3) is 0 Å². The second-order valence-electron chi connectivity index (χ2n) is 8.68. The molecule has 0 aromatic heterocycles. The normalized spacial score (nSPS) is 12.6. The van der Waals surface area contributed by atoms with E-state index in [0.29, 0.717) is 43.4 Å². The van der Waals surface area contributed by atoms with Crippen molar-refractivity contribution in [1.29, 1.82) is 0 Å². The molecule has 0 radical (unpaired) electrons. The minimum Gasteiger partial charge on any atom is -0.497 e. The number of nitrogens with zero attached hydrogens (tertiary/aromatic N) is 2. The maximum Gasteiger partial charge on any atom is 0.322 e. The van der Waals surface area contributed by atoms with Crippen LogP contribution in [0.25, 0.3) is 0 Å². The van der Waals surface area contributed by atoms with Crippen molar-refractivity contribution >= 4 is 23.3 Å². The number of methoxy groups -OCH3 is 2. The fourth-order valence-corrected chi connectivity index (χ4v) is 4.09. The molecule has 1 heterocycles. The number of carbonyl (C=O) groups is 2. The molecule has 0 saturated heterocycles. The van der Waals surface area contributed by atoms with E-state index in [1.54, 1.807) is 49.1 Å². The monoisotopic (exact) mass is 489 g/mol. The van der Waals surface area contributed by atoms with Gasteiger partial charge >= 0.3 is 6.03 Å². The van der Waals surface area contributed by atoms with E-state index in [0.717, 1.165) is 28.1 Å². The number of aryl methyl sites for hydroxylation is 1. The first-order valence-electron chi connectivity index (χ1n) is 11.7. The molecule has 8 nitrogen and oxygen atoms in total. The van der Waals surface area contributed by atoms with Crippen LogP contribution in [-0.2, 0) is 17.9 Å². The summed E-state index contributed by atoms with van der Waals surface area (Å²) in [5.74, 6) is 1.87. The molecule has 36 heavy (non-hydrogen) atoms. The standard InChI is InChI=1S/C28H31N3O5/c1-19-5-8-24(9-6-19)31(20(2)32)17-21-7-10-27-22(13-21)18-30(11-12-36-27)28(33)29-23-14-25(34-3)16-26(15-23)35-4/h5-10,13-16H,11-12,17-18H2,1-4H3,(H,29,33). The minimum absolute atomic E-state index is 0.0419. The van der Waals surface area contributed by atoms with Crippen LogP contribution in [0, 0.1) is 6.92 Å². The number of benzene rings is 3. The van der Waals surface area contributed by atoms with Crippen molar-refractivity contribution in [3.05, 3.63) is 77.4 Å². The van der Waals surface area contributed by atoms with Gasteiger partial charge in [-0.05, 0) is 36.8 Å². The molecule has 0 fully saturated rings. The van der Waals surface area contributed by atoms with Crippen LogP contribution in [0.1, 0.15) is 23.6 Å². The van der Waals surface area contributed by atoms with Crippen molar-refractivity contribution in [3.8, 4) is 17.2 Å². The Kier molecular flexibility index (Phi) is 7.63. The van der Waals surface area contributed by atoms with Gasteiger partial charge < -0.3 is 29.3 Å². The first kappa shape index (κ1) is 24.9. The number of hydrogen-bond donors (Lipinski definition) is 1. The molecule has 0 spiro atoms. The third-order valence-electron chi connectivity index (χ3n) is 6.06. The van der Waals surface area contributed by atoms with Gasteiger partial charge in [0.2, 0.25) is 5.91 Å². The number of urea groups is 1. The van der Waals surface area contributed by atoms with Crippen LogP contribution < -0.4 is 24.4 Å². The average molecular weight is 490 g/mol. The highest BCUT2D eigenvalue weighted by molar-refractivity contribution is 5.91. The molecule has 0 unspecified atom stereocenters. The summed E-state index contributed by atoms with van der Waals surface area (Å²) in [4.78, 5) is 29.0. The summed E-state index contributed by atoms with van der Waals surface area (Å²) in [7, 11) is 3.13. The molecule has 3 aromatic rings. The van der Waals surface area contributed by atoms with Gasteiger partial charge in [-0.15, -0.1) is 0 Å². The largest absolute Gasteiger partial charge is 0.497 e. The highest BCUT2D eigenvalue weighted by Crippen LogP contribution is 2.28. The molecule has 0 aliphatic carbocycles. The van der Waals surface area contributed by atoms with Gasteiger partial charge in [0.1, 0.15) is 23.9 Å². The van der Waals surface area contributed by atoms with Crippen LogP contribution in [0.5, 0.6) is 17.2 Å². The maximum absolute atomic E-state index is 13.1. The SMILES string of the molecule is COc1cc(NC(=O)N2CCOc3ccc(CN(C(C)=O)c4ccc(C)cc4)cc3C2)cc(OC)c1. The van der Waals surface area contributed by atoms with Gasteiger partial charge in [-0.3, -0.25) is 4.79 Å². The lowest BCUT2D eigenvalue weighted by molar-refractivity contribution is -0.116. The quantitative estimate of drug-likeness (QED) is 0.528. The van der Waals surface area contributed by atoms with Gasteiger partial charge in [0.05, 0.1) is 33.9 Å². The summed E-state index contributed by atoms with van der Waals surface area (Å²) in [5, 5.41) is 2.93. The summed E-state index contributed by atoms with van der Waals surface area (Å²) in [5.41, 5.74) is 4.39. The summed E-state index contributed by atoms with van der Waals surface area (Å²) in [6.45, 7) is 5.18. The predicted molar refractivity (Wildman–Crippen MR) is 139 cm³/mol. The lowest BCUT2D eigenvalue weighted by Crippen LogP contribution is -2.36. The molecular weight excluding hydrogens is 458 g/mol. The van der Waals surface area contributed by atoms with E-state index >= 15 is 0 Å². The Morgan fingerprint density at radius 1 is 1.00 bits per heavy atom. The van der Waals surface area contributed by atoms with Crippen LogP contribution in [0.2, 0.25) is 0 Å². The third-order valence-corrected chi connectivity index (χ3v) is 6.06. The molecule has 1 N–H and O–H groups in total. The number of ether oxygens (including phenoxy) is 3. The maximum atomic E-state index is 13.1.